The Hall–Kier alpha value is -1.87. The highest BCUT2D eigenvalue weighted by atomic mass is 19.1. The van der Waals surface area contributed by atoms with Gasteiger partial charge in [0.1, 0.15) is 5.82 Å². The lowest BCUT2D eigenvalue weighted by molar-refractivity contribution is 0.620. The van der Waals surface area contributed by atoms with Crippen LogP contribution in [0, 0.1) is 5.82 Å². The van der Waals surface area contributed by atoms with Gasteiger partial charge in [0.2, 0.25) is 0 Å². The van der Waals surface area contributed by atoms with E-state index in [0.717, 1.165) is 25.1 Å². The first-order valence-corrected chi connectivity index (χ1v) is 7.00. The average Bonchev–Trinajstić information content (AvgIpc) is 2.80. The van der Waals surface area contributed by atoms with Gasteiger partial charge < -0.3 is 10.2 Å². The Morgan fingerprint density at radius 1 is 1.10 bits per heavy atom. The second kappa shape index (κ2) is 5.63. The van der Waals surface area contributed by atoms with Crippen molar-refractivity contribution < 1.29 is 4.39 Å². The molecule has 3 rings (SSSR count). The highest BCUT2D eigenvalue weighted by Gasteiger charge is 2.15. The Morgan fingerprint density at radius 2 is 1.90 bits per heavy atom. The Morgan fingerprint density at radius 3 is 2.70 bits per heavy atom. The topological polar surface area (TPSA) is 15.3 Å². The molecule has 0 amide bonds. The number of rotatable bonds is 4. The van der Waals surface area contributed by atoms with Gasteiger partial charge in [0.15, 0.2) is 0 Å². The van der Waals surface area contributed by atoms with Gasteiger partial charge in [0, 0.05) is 32.4 Å². The maximum Gasteiger partial charge on any atom is 0.123 e. The molecule has 0 saturated carbocycles. The van der Waals surface area contributed by atoms with Gasteiger partial charge in [-0.3, -0.25) is 0 Å². The maximum absolute atomic E-state index is 13.1. The van der Waals surface area contributed by atoms with Gasteiger partial charge in [-0.2, -0.15) is 0 Å². The summed E-state index contributed by atoms with van der Waals surface area (Å²) in [5.41, 5.74) is 5.04. The molecule has 0 fully saturated rings. The minimum atomic E-state index is -0.176. The summed E-state index contributed by atoms with van der Waals surface area (Å²) in [5, 5.41) is 3.37. The molecule has 0 unspecified atom stereocenters. The molecular formula is C17H19FN2. The largest absolute Gasteiger partial charge is 0.374 e. The molecule has 0 atom stereocenters. The fraction of sp³-hybridized carbons (Fsp3) is 0.294. The molecular weight excluding hydrogens is 251 g/mol. The SMILES string of the molecule is CN1CCc2cc(CNCc3cccc(F)c3)ccc21. The summed E-state index contributed by atoms with van der Waals surface area (Å²) in [4.78, 5) is 2.29. The third kappa shape index (κ3) is 2.83. The molecule has 1 heterocycles. The van der Waals surface area contributed by atoms with Crippen LogP contribution in [0.15, 0.2) is 42.5 Å². The summed E-state index contributed by atoms with van der Waals surface area (Å²) in [6, 6.07) is 13.4. The molecule has 104 valence electrons. The number of halogens is 1. The number of hydrogen-bond donors (Lipinski definition) is 1. The van der Waals surface area contributed by atoms with Gasteiger partial charge in [0.05, 0.1) is 0 Å². The van der Waals surface area contributed by atoms with Gasteiger partial charge in [-0.1, -0.05) is 24.3 Å². The highest BCUT2D eigenvalue weighted by Crippen LogP contribution is 2.27. The Balaban J connectivity index is 1.59. The molecule has 0 aromatic heterocycles. The number of nitrogens with one attached hydrogen (secondary N) is 1. The standard InChI is InChI=1S/C17H19FN2/c1-20-8-7-15-9-14(5-6-17(15)20)12-19-11-13-3-2-4-16(18)10-13/h2-6,9-10,19H,7-8,11-12H2,1H3. The van der Waals surface area contributed by atoms with Crippen molar-refractivity contribution in [2.24, 2.45) is 0 Å². The lowest BCUT2D eigenvalue weighted by atomic mass is 10.1. The van der Waals surface area contributed by atoms with Gasteiger partial charge >= 0.3 is 0 Å². The molecule has 0 saturated heterocycles. The summed E-state index contributed by atoms with van der Waals surface area (Å²) < 4.78 is 13.1. The first-order chi connectivity index (χ1) is 9.72. The Kier molecular flexibility index (Phi) is 3.70. The Bertz CT molecular complexity index is 610. The predicted molar refractivity (Wildman–Crippen MR) is 80.4 cm³/mol. The van der Waals surface area contributed by atoms with E-state index in [0.29, 0.717) is 6.54 Å². The molecule has 1 aliphatic heterocycles. The zero-order valence-corrected chi connectivity index (χ0v) is 11.7. The van der Waals surface area contributed by atoms with Gasteiger partial charge in [-0.15, -0.1) is 0 Å². The molecule has 0 aliphatic carbocycles. The summed E-state index contributed by atoms with van der Waals surface area (Å²) in [7, 11) is 2.13. The molecule has 20 heavy (non-hydrogen) atoms. The molecule has 1 aliphatic rings. The van der Waals surface area contributed by atoms with Crippen LogP contribution in [-0.2, 0) is 19.5 Å². The highest BCUT2D eigenvalue weighted by molar-refractivity contribution is 5.58. The van der Waals surface area contributed by atoms with Crippen LogP contribution in [0.3, 0.4) is 0 Å². The monoisotopic (exact) mass is 270 g/mol. The van der Waals surface area contributed by atoms with E-state index in [1.807, 2.05) is 6.07 Å². The van der Waals surface area contributed by atoms with E-state index >= 15 is 0 Å². The second-order valence-corrected chi connectivity index (χ2v) is 5.37. The lowest BCUT2D eigenvalue weighted by Crippen LogP contribution is -2.13. The summed E-state index contributed by atoms with van der Waals surface area (Å²) in [6.45, 7) is 2.61. The van der Waals surface area contributed by atoms with Gasteiger partial charge in [0.25, 0.3) is 0 Å². The summed E-state index contributed by atoms with van der Waals surface area (Å²) in [5.74, 6) is -0.176. The Labute approximate surface area is 119 Å². The van der Waals surface area contributed by atoms with Crippen LogP contribution >= 0.6 is 0 Å². The minimum absolute atomic E-state index is 0.176. The van der Waals surface area contributed by atoms with Crippen molar-refractivity contribution in [3.05, 3.63) is 65.0 Å². The summed E-state index contributed by atoms with van der Waals surface area (Å²) >= 11 is 0. The zero-order valence-electron chi connectivity index (χ0n) is 11.7. The molecule has 2 aromatic carbocycles. The molecule has 3 heteroatoms. The van der Waals surface area contributed by atoms with Crippen molar-refractivity contribution >= 4 is 5.69 Å². The van der Waals surface area contributed by atoms with Crippen LogP contribution in [-0.4, -0.2) is 13.6 Å². The van der Waals surface area contributed by atoms with Crippen LogP contribution in [0.5, 0.6) is 0 Å². The molecule has 1 N–H and O–H groups in total. The van der Waals surface area contributed by atoms with E-state index in [2.05, 4.69) is 35.5 Å². The van der Waals surface area contributed by atoms with E-state index in [9.17, 15) is 4.39 Å². The number of hydrogen-bond acceptors (Lipinski definition) is 2. The van der Waals surface area contributed by atoms with Crippen LogP contribution in [0.1, 0.15) is 16.7 Å². The lowest BCUT2D eigenvalue weighted by Gasteiger charge is -2.12. The second-order valence-electron chi connectivity index (χ2n) is 5.37. The number of likely N-dealkylation sites (N-methyl/N-ethyl adjacent to an activating group) is 1. The van der Waals surface area contributed by atoms with E-state index < -0.39 is 0 Å². The van der Waals surface area contributed by atoms with Crippen molar-refractivity contribution in [3.63, 3.8) is 0 Å². The first kappa shape index (κ1) is 13.1. The molecule has 2 aromatic rings. The van der Waals surface area contributed by atoms with Crippen molar-refractivity contribution in [2.45, 2.75) is 19.5 Å². The van der Waals surface area contributed by atoms with Crippen molar-refractivity contribution in [1.82, 2.24) is 5.32 Å². The number of nitrogens with zero attached hydrogens (tertiary/aromatic N) is 1. The average molecular weight is 270 g/mol. The number of fused-ring (bicyclic) bond motifs is 1. The zero-order chi connectivity index (χ0) is 13.9. The predicted octanol–water partition coefficient (Wildman–Crippen LogP) is 3.11. The molecule has 0 radical (unpaired) electrons. The normalized spacial score (nSPS) is 13.6. The molecule has 2 nitrogen and oxygen atoms in total. The van der Waals surface area contributed by atoms with Crippen molar-refractivity contribution in [3.8, 4) is 0 Å². The first-order valence-electron chi connectivity index (χ1n) is 7.00. The fourth-order valence-corrected chi connectivity index (χ4v) is 2.73. The maximum atomic E-state index is 13.1. The minimum Gasteiger partial charge on any atom is -0.374 e. The van der Waals surface area contributed by atoms with Crippen LogP contribution in [0.25, 0.3) is 0 Å². The number of anilines is 1. The molecule has 0 bridgehead atoms. The van der Waals surface area contributed by atoms with Gasteiger partial charge in [-0.05, 0) is 41.3 Å². The third-order valence-corrected chi connectivity index (χ3v) is 3.82. The van der Waals surface area contributed by atoms with Crippen molar-refractivity contribution in [1.29, 1.82) is 0 Å². The summed E-state index contributed by atoms with van der Waals surface area (Å²) in [6.07, 6.45) is 1.13. The smallest absolute Gasteiger partial charge is 0.123 e. The van der Waals surface area contributed by atoms with Crippen LogP contribution < -0.4 is 10.2 Å². The quantitative estimate of drug-likeness (QED) is 0.918. The number of benzene rings is 2. The van der Waals surface area contributed by atoms with E-state index in [1.165, 1.54) is 22.9 Å². The molecule has 0 spiro atoms. The van der Waals surface area contributed by atoms with Crippen molar-refractivity contribution in [2.75, 3.05) is 18.5 Å². The van der Waals surface area contributed by atoms with Crippen LogP contribution in [0.2, 0.25) is 0 Å². The fourth-order valence-electron chi connectivity index (χ4n) is 2.73. The third-order valence-electron chi connectivity index (χ3n) is 3.82. The van der Waals surface area contributed by atoms with Crippen LogP contribution in [0.4, 0.5) is 10.1 Å². The van der Waals surface area contributed by atoms with E-state index in [4.69, 9.17) is 0 Å². The van der Waals surface area contributed by atoms with E-state index in [-0.39, 0.29) is 5.82 Å². The van der Waals surface area contributed by atoms with E-state index in [1.54, 1.807) is 12.1 Å². The van der Waals surface area contributed by atoms with Gasteiger partial charge in [-0.25, -0.2) is 4.39 Å².